The van der Waals surface area contributed by atoms with E-state index in [0.717, 1.165) is 11.1 Å². The molecule has 0 atom stereocenters. The summed E-state index contributed by atoms with van der Waals surface area (Å²) in [7, 11) is -12.1. The van der Waals surface area contributed by atoms with Gasteiger partial charge in [0.15, 0.2) is 0 Å². The van der Waals surface area contributed by atoms with Crippen molar-refractivity contribution in [3.05, 3.63) is 59.7 Å². The highest BCUT2D eigenvalue weighted by Gasteiger charge is 2.44. The van der Waals surface area contributed by atoms with Gasteiger partial charge in [-0.3, -0.25) is 0 Å². The van der Waals surface area contributed by atoms with E-state index in [4.69, 9.17) is 12.3 Å². The van der Waals surface area contributed by atoms with Crippen molar-refractivity contribution in [2.24, 2.45) is 0 Å². The number of hydrogen-bond acceptors (Lipinski definition) is 3. The third-order valence-electron chi connectivity index (χ3n) is 5.82. The number of rotatable bonds is 8. The Kier molecular flexibility index (Phi) is 10.7. The van der Waals surface area contributed by atoms with Crippen LogP contribution in [0.3, 0.4) is 0 Å². The Morgan fingerprint density at radius 3 is 0.949 bits per heavy atom. The van der Waals surface area contributed by atoms with Crippen LogP contribution in [0.15, 0.2) is 48.5 Å². The van der Waals surface area contributed by atoms with Crippen LogP contribution in [-0.2, 0) is 12.3 Å². The Morgan fingerprint density at radius 1 is 0.410 bits per heavy atom. The summed E-state index contributed by atoms with van der Waals surface area (Å²) in [5.74, 6) is 6.70. The van der Waals surface area contributed by atoms with Crippen molar-refractivity contribution >= 4 is 60.3 Å². The summed E-state index contributed by atoms with van der Waals surface area (Å²) in [5, 5.41) is 2.52. The minimum atomic E-state index is -2.47. The Labute approximate surface area is 245 Å². The second-order valence-corrected chi connectivity index (χ2v) is 39.0. The number of hydrogen-bond donors (Lipinski definition) is 0. The molecule has 9 heteroatoms. The highest BCUT2D eigenvalue weighted by atomic mass is 28.5. The van der Waals surface area contributed by atoms with E-state index in [1.54, 1.807) is 0 Å². The molecule has 2 rings (SSSR count). The van der Waals surface area contributed by atoms with Crippen LogP contribution in [0, 0.1) is 22.9 Å². The lowest BCUT2D eigenvalue weighted by Crippen LogP contribution is -2.60. The largest absolute Gasteiger partial charge is 0.433 e. The molecule has 2 aromatic rings. The average Bonchev–Trinajstić information content (AvgIpc) is 2.73. The zero-order valence-electron chi connectivity index (χ0n) is 26.8. The van der Waals surface area contributed by atoms with Gasteiger partial charge in [0, 0.05) is 11.1 Å². The first-order valence-electron chi connectivity index (χ1n) is 13.9. The first-order chi connectivity index (χ1) is 17.5. The Balaban J connectivity index is 2.12. The van der Waals surface area contributed by atoms with Crippen LogP contribution >= 0.6 is 0 Å². The van der Waals surface area contributed by atoms with E-state index in [2.05, 4.69) is 163 Å². The van der Waals surface area contributed by atoms with Gasteiger partial charge in [-0.2, -0.15) is 0 Å². The molecule has 39 heavy (non-hydrogen) atoms. The highest BCUT2D eigenvalue weighted by molar-refractivity contribution is 6.95. The van der Waals surface area contributed by atoms with Crippen LogP contribution in [0.2, 0.25) is 91.7 Å². The molecule has 3 nitrogen and oxygen atoms in total. The smallest absolute Gasteiger partial charge is 0.312 e. The van der Waals surface area contributed by atoms with E-state index in [0.29, 0.717) is 0 Å². The van der Waals surface area contributed by atoms with Crippen LogP contribution in [0.5, 0.6) is 0 Å². The predicted molar refractivity (Wildman–Crippen MR) is 186 cm³/mol. The van der Waals surface area contributed by atoms with Crippen molar-refractivity contribution in [2.75, 3.05) is 0 Å². The monoisotopic (exact) mass is 626 g/mol. The zero-order chi connectivity index (χ0) is 29.9. The van der Waals surface area contributed by atoms with Gasteiger partial charge in [0.2, 0.25) is 16.6 Å². The van der Waals surface area contributed by atoms with E-state index in [1.165, 1.54) is 10.4 Å². The molecule has 0 saturated heterocycles. The second-order valence-electron chi connectivity index (χ2n) is 14.3. The summed E-state index contributed by atoms with van der Waals surface area (Å²) in [6.07, 6.45) is 0. The lowest BCUT2D eigenvalue weighted by Gasteiger charge is -2.41. The Hall–Kier alpha value is -1.26. The van der Waals surface area contributed by atoms with Crippen molar-refractivity contribution in [3.8, 4) is 22.9 Å². The van der Waals surface area contributed by atoms with Gasteiger partial charge in [0.05, 0.1) is 0 Å². The topological polar surface area (TPSA) is 27.7 Å². The molecule has 0 aliphatic heterocycles. The quantitative estimate of drug-likeness (QED) is 0.231. The first kappa shape index (κ1) is 33.9. The summed E-state index contributed by atoms with van der Waals surface area (Å²) in [4.78, 5) is 0. The molecule has 0 bridgehead atoms. The molecule has 0 unspecified atom stereocenters. The fourth-order valence-electron chi connectivity index (χ4n) is 4.41. The maximum atomic E-state index is 6.88. The molecule has 0 N–H and O–H groups in total. The van der Waals surface area contributed by atoms with Gasteiger partial charge < -0.3 is 12.3 Å². The van der Waals surface area contributed by atoms with Gasteiger partial charge in [0.1, 0.15) is 16.1 Å². The van der Waals surface area contributed by atoms with Gasteiger partial charge >= 0.3 is 17.1 Å². The van der Waals surface area contributed by atoms with Crippen LogP contribution in [0.4, 0.5) is 0 Å². The molecular weight excluding hydrogens is 577 g/mol. The summed E-state index contributed by atoms with van der Waals surface area (Å²) in [5.41, 5.74) is 9.05. The summed E-state index contributed by atoms with van der Waals surface area (Å²) in [6.45, 7) is 31.3. The van der Waals surface area contributed by atoms with Crippen molar-refractivity contribution < 1.29 is 12.3 Å². The minimum absolute atomic E-state index is 1.07. The van der Waals surface area contributed by atoms with Crippen molar-refractivity contribution in [1.29, 1.82) is 0 Å². The first-order valence-corrected chi connectivity index (χ1v) is 32.3. The van der Waals surface area contributed by atoms with Gasteiger partial charge in [-0.15, -0.1) is 11.1 Å². The molecule has 2 aromatic carbocycles. The van der Waals surface area contributed by atoms with Crippen LogP contribution < -0.4 is 10.4 Å². The van der Waals surface area contributed by atoms with Gasteiger partial charge in [0.25, 0.3) is 0 Å². The molecule has 0 saturated carbocycles. The van der Waals surface area contributed by atoms with E-state index in [1.807, 2.05) is 0 Å². The lowest BCUT2D eigenvalue weighted by molar-refractivity contribution is 0.334. The molecule has 0 amide bonds. The third kappa shape index (κ3) is 12.0. The molecule has 0 spiro atoms. The average molecular weight is 627 g/mol. The molecular formula is C30H50O3Si6. The molecule has 0 aromatic heterocycles. The van der Waals surface area contributed by atoms with Crippen molar-refractivity contribution in [2.45, 2.75) is 91.7 Å². The SMILES string of the molecule is C[Si](C)(C)C#Cc1ccc([Si](C)(C)O[Si](C)(C)O[Si](C)(C)O[Si](C)(C)c2ccc(C#C[Si](C)(C)C)cc2)cc1. The van der Waals surface area contributed by atoms with Crippen LogP contribution in [-0.4, -0.2) is 49.9 Å². The Bertz CT molecular complexity index is 1150. The maximum absolute atomic E-state index is 6.88. The molecule has 0 aliphatic rings. The fourth-order valence-corrected chi connectivity index (χ4v) is 24.0. The summed E-state index contributed by atoms with van der Waals surface area (Å²) >= 11 is 0. The van der Waals surface area contributed by atoms with Crippen LogP contribution in [0.1, 0.15) is 11.1 Å². The van der Waals surface area contributed by atoms with E-state index < -0.39 is 49.9 Å². The fraction of sp³-hybridized carbons (Fsp3) is 0.467. The minimum Gasteiger partial charge on any atom is -0.433 e. The van der Waals surface area contributed by atoms with E-state index in [-0.39, 0.29) is 0 Å². The molecule has 0 heterocycles. The predicted octanol–water partition coefficient (Wildman–Crippen LogP) is 7.12. The highest BCUT2D eigenvalue weighted by Crippen LogP contribution is 2.24. The molecule has 0 radical (unpaired) electrons. The van der Waals surface area contributed by atoms with Crippen molar-refractivity contribution in [1.82, 2.24) is 0 Å². The molecule has 212 valence electrons. The summed E-state index contributed by atoms with van der Waals surface area (Å²) in [6, 6.07) is 17.3. The second kappa shape index (κ2) is 12.3. The Morgan fingerprint density at radius 2 is 0.692 bits per heavy atom. The number of benzene rings is 2. The van der Waals surface area contributed by atoms with Gasteiger partial charge in [-0.05, 0) is 87.0 Å². The third-order valence-corrected chi connectivity index (χ3v) is 23.0. The maximum Gasteiger partial charge on any atom is 0.312 e. The van der Waals surface area contributed by atoms with Crippen LogP contribution in [0.25, 0.3) is 0 Å². The lowest BCUT2D eigenvalue weighted by atomic mass is 10.2. The molecule has 0 fully saturated rings. The standard InChI is InChI=1S/C30H50O3Si6/c1-34(2,3)25-23-27-15-19-29(20-16-27)36(7,8)31-38(11,12)33-39(13,14)32-37(9,10)30-21-17-28(18-22-30)24-26-35(4,5)6/h15-22H,1-14H3. The van der Waals surface area contributed by atoms with E-state index >= 15 is 0 Å². The van der Waals surface area contributed by atoms with E-state index in [9.17, 15) is 0 Å². The molecule has 0 aliphatic carbocycles. The van der Waals surface area contributed by atoms with Gasteiger partial charge in [-0.1, -0.05) is 75.4 Å². The van der Waals surface area contributed by atoms with Crippen molar-refractivity contribution in [3.63, 3.8) is 0 Å². The zero-order valence-corrected chi connectivity index (χ0v) is 32.8. The summed E-state index contributed by atoms with van der Waals surface area (Å²) < 4.78 is 20.6. The van der Waals surface area contributed by atoms with Gasteiger partial charge in [-0.25, -0.2) is 0 Å². The normalized spacial score (nSPS) is 13.3.